The van der Waals surface area contributed by atoms with Gasteiger partial charge in [-0.25, -0.2) is 29.9 Å². The van der Waals surface area contributed by atoms with E-state index < -0.39 is 0 Å². The molecule has 0 amide bonds. The predicted molar refractivity (Wildman–Crippen MR) is 512 cm³/mol. The van der Waals surface area contributed by atoms with Gasteiger partial charge in [-0.05, 0) is 175 Å². The molecule has 0 aliphatic rings. The number of hydrogen-bond donors (Lipinski definition) is 0. The molecule has 0 bridgehead atoms. The molecule has 0 radical (unpaired) electrons. The van der Waals surface area contributed by atoms with Gasteiger partial charge < -0.3 is 0 Å². The fourth-order valence-electron chi connectivity index (χ4n) is 16.6. The van der Waals surface area contributed by atoms with Crippen LogP contribution in [0.3, 0.4) is 0 Å². The van der Waals surface area contributed by atoms with Gasteiger partial charge in [0.2, 0.25) is 0 Å². The lowest BCUT2D eigenvalue weighted by atomic mass is 9.95. The number of hydrogen-bond acceptors (Lipinski definition) is 8. The van der Waals surface area contributed by atoms with Crippen molar-refractivity contribution in [2.24, 2.45) is 0 Å². The zero-order valence-electron chi connectivity index (χ0n) is 67.5. The van der Waals surface area contributed by atoms with Crippen molar-refractivity contribution in [3.05, 3.63) is 461 Å². The Labute approximate surface area is 719 Å². The molecule has 8 nitrogen and oxygen atoms in total. The lowest BCUT2D eigenvalue weighted by Gasteiger charge is -2.11. The van der Waals surface area contributed by atoms with Crippen LogP contribution in [0, 0.1) is 0 Å². The van der Waals surface area contributed by atoms with E-state index in [1.54, 1.807) is 0 Å². The summed E-state index contributed by atoms with van der Waals surface area (Å²) in [5, 5.41) is 8.35. The second-order valence-electron chi connectivity index (χ2n) is 31.0. The Morgan fingerprint density at radius 2 is 0.379 bits per heavy atom. The maximum atomic E-state index is 5.09. The topological polar surface area (TPSA) is 103 Å². The minimum Gasteiger partial charge on any atom is -0.264 e. The summed E-state index contributed by atoms with van der Waals surface area (Å²) in [5.41, 5.74) is 29.5. The minimum absolute atomic E-state index is 0.622. The molecule has 22 rings (SSSR count). The molecule has 18 aromatic carbocycles. The van der Waals surface area contributed by atoms with E-state index in [1.807, 2.05) is 42.9 Å². The Bertz CT molecular complexity index is 6980. The van der Waals surface area contributed by atoms with Gasteiger partial charge in [0.15, 0.2) is 34.9 Å². The summed E-state index contributed by atoms with van der Waals surface area (Å²) < 4.78 is 0. The average molecular weight is 1580 g/mol. The van der Waals surface area contributed by atoms with E-state index in [2.05, 4.69) is 424 Å². The Balaban J connectivity index is 0.000000152. The number of benzene rings is 18. The van der Waals surface area contributed by atoms with E-state index >= 15 is 0 Å². The first-order chi connectivity index (χ1) is 61.4. The van der Waals surface area contributed by atoms with Crippen LogP contribution in [0.4, 0.5) is 0 Å². The highest BCUT2D eigenvalue weighted by molar-refractivity contribution is 6.09. The molecule has 0 saturated heterocycles. The third kappa shape index (κ3) is 15.8. The molecule has 0 aliphatic carbocycles. The molecule has 0 N–H and O–H groups in total. The van der Waals surface area contributed by atoms with Crippen molar-refractivity contribution in [2.45, 2.75) is 0 Å². The maximum Gasteiger partial charge on any atom is 0.164 e. The summed E-state index contributed by atoms with van der Waals surface area (Å²) in [7, 11) is 0. The van der Waals surface area contributed by atoms with Crippen LogP contribution >= 0.6 is 0 Å². The lowest BCUT2D eigenvalue weighted by Crippen LogP contribution is -2.00. The van der Waals surface area contributed by atoms with Crippen molar-refractivity contribution >= 4 is 43.2 Å². The molecule has 580 valence electrons. The molecule has 0 spiro atoms. The molecule has 0 unspecified atom stereocenters. The van der Waals surface area contributed by atoms with Crippen molar-refractivity contribution in [2.75, 3.05) is 0 Å². The van der Waals surface area contributed by atoms with Gasteiger partial charge >= 0.3 is 0 Å². The van der Waals surface area contributed by atoms with Gasteiger partial charge in [0, 0.05) is 68.1 Å². The van der Waals surface area contributed by atoms with E-state index in [9.17, 15) is 0 Å². The van der Waals surface area contributed by atoms with E-state index in [0.717, 1.165) is 117 Å². The highest BCUT2D eigenvalue weighted by atomic mass is 15.0. The molecule has 0 saturated carbocycles. The fourth-order valence-corrected chi connectivity index (χ4v) is 16.6. The van der Waals surface area contributed by atoms with Gasteiger partial charge in [-0.15, -0.1) is 0 Å². The number of fused-ring (bicyclic) bond motifs is 6. The van der Waals surface area contributed by atoms with Crippen molar-refractivity contribution in [1.29, 1.82) is 0 Å². The molecule has 124 heavy (non-hydrogen) atoms. The summed E-state index contributed by atoms with van der Waals surface area (Å²) in [4.78, 5) is 39.6. The highest BCUT2D eigenvalue weighted by Crippen LogP contribution is 2.39. The van der Waals surface area contributed by atoms with Crippen molar-refractivity contribution in [3.8, 4) is 180 Å². The van der Waals surface area contributed by atoms with Crippen LogP contribution in [0.5, 0.6) is 0 Å². The van der Waals surface area contributed by atoms with Crippen LogP contribution in [0.25, 0.3) is 223 Å². The molecule has 0 atom stereocenters. The number of pyridine rings is 2. The van der Waals surface area contributed by atoms with Crippen LogP contribution in [0.1, 0.15) is 0 Å². The zero-order chi connectivity index (χ0) is 82.5. The standard InChI is InChI=1S/2C58H38N4/c1-3-9-39(10-4-1)41-21-26-46(27-22-41)56-60-57(47-28-23-42(24-29-47)40-11-5-2-6-12-40)62-58(61-56)53-16-8-14-49(37-53)44-19-17-43(18-20-44)48-13-7-15-50(35-48)51-31-32-54-52(36-51)30-25-45-33-34-59-38-55(45)54;1-3-11-39(12-4-1)41-25-29-45(30-26-41)56-60-57(46-31-27-42(28-32-46)40-13-5-2-6-14-40)62-58(61-56)51-19-10-17-48(36-51)44-23-21-43(22-24-44)47-16-9-18-49(35-47)50-33-34-54-53-20-8-7-15-52(53)38-59-55(54)37-50/h2*1-38H. The van der Waals surface area contributed by atoms with Crippen LogP contribution < -0.4 is 0 Å². The monoisotopic (exact) mass is 1580 g/mol. The van der Waals surface area contributed by atoms with Crippen molar-refractivity contribution < 1.29 is 0 Å². The first kappa shape index (κ1) is 74.8. The van der Waals surface area contributed by atoms with E-state index in [-0.39, 0.29) is 0 Å². The summed E-state index contributed by atoms with van der Waals surface area (Å²) in [6.07, 6.45) is 5.77. The summed E-state index contributed by atoms with van der Waals surface area (Å²) in [5.74, 6) is 3.76. The van der Waals surface area contributed by atoms with Crippen LogP contribution in [0.2, 0.25) is 0 Å². The molecule has 4 heterocycles. The van der Waals surface area contributed by atoms with Crippen LogP contribution in [-0.4, -0.2) is 39.9 Å². The van der Waals surface area contributed by atoms with E-state index in [0.29, 0.717) is 34.9 Å². The quantitative estimate of drug-likeness (QED) is 0.0882. The smallest absolute Gasteiger partial charge is 0.164 e. The Kier molecular flexibility index (Phi) is 20.3. The third-order valence-electron chi connectivity index (χ3n) is 23.2. The molecule has 4 aromatic heterocycles. The predicted octanol–water partition coefficient (Wildman–Crippen LogP) is 29.8. The minimum atomic E-state index is 0.622. The highest BCUT2D eigenvalue weighted by Gasteiger charge is 2.19. The molecular formula is C116H76N8. The molecule has 22 aromatic rings. The normalized spacial score (nSPS) is 11.2. The summed E-state index contributed by atoms with van der Waals surface area (Å²) >= 11 is 0. The van der Waals surface area contributed by atoms with Gasteiger partial charge in [-0.2, -0.15) is 0 Å². The number of aromatic nitrogens is 8. The van der Waals surface area contributed by atoms with Gasteiger partial charge in [-0.3, -0.25) is 9.97 Å². The molecular weight excluding hydrogens is 1510 g/mol. The van der Waals surface area contributed by atoms with E-state index in [4.69, 9.17) is 34.9 Å². The van der Waals surface area contributed by atoms with E-state index in [1.165, 1.54) is 71.3 Å². The fraction of sp³-hybridized carbons (Fsp3) is 0. The van der Waals surface area contributed by atoms with Gasteiger partial charge in [-0.1, -0.05) is 400 Å². The van der Waals surface area contributed by atoms with Gasteiger partial charge in [0.05, 0.1) is 5.52 Å². The first-order valence-corrected chi connectivity index (χ1v) is 41.7. The number of rotatable bonds is 16. The summed E-state index contributed by atoms with van der Waals surface area (Å²) in [6, 6.07) is 156. The maximum absolute atomic E-state index is 5.09. The first-order valence-electron chi connectivity index (χ1n) is 41.7. The average Bonchev–Trinajstić information content (AvgIpc) is 0.785. The largest absolute Gasteiger partial charge is 0.264 e. The van der Waals surface area contributed by atoms with Gasteiger partial charge in [0.1, 0.15) is 0 Å². The molecule has 8 heteroatoms. The molecule has 0 aliphatic heterocycles. The third-order valence-corrected chi connectivity index (χ3v) is 23.2. The SMILES string of the molecule is c1ccc(-c2ccc(-c3nc(-c4ccc(-c5ccccc5)cc4)nc(-c4cccc(-c5ccc(-c6cccc(-c7ccc8c(c7)ncc7ccccc78)c6)cc5)c4)n3)cc2)cc1.c1ccc(-c2ccc(-c3nc(-c4ccc(-c5ccccc5)cc4)nc(-c4cccc(-c5ccc(-c6cccc(-c7ccc8c(ccc9ccncc98)c7)c6)cc5)c4)n3)cc2)cc1. The van der Waals surface area contributed by atoms with Crippen LogP contribution in [-0.2, 0) is 0 Å². The van der Waals surface area contributed by atoms with Gasteiger partial charge in [0.25, 0.3) is 0 Å². The van der Waals surface area contributed by atoms with Crippen molar-refractivity contribution in [1.82, 2.24) is 39.9 Å². The Morgan fingerprint density at radius 1 is 0.129 bits per heavy atom. The Hall–Kier alpha value is -16.7. The second kappa shape index (κ2) is 33.6. The second-order valence-corrected chi connectivity index (χ2v) is 31.0. The van der Waals surface area contributed by atoms with Crippen LogP contribution in [0.15, 0.2) is 461 Å². The number of nitrogens with zero attached hydrogens (tertiary/aromatic N) is 8. The lowest BCUT2D eigenvalue weighted by molar-refractivity contribution is 1.07. The molecule has 0 fully saturated rings. The van der Waals surface area contributed by atoms with Crippen molar-refractivity contribution in [3.63, 3.8) is 0 Å². The Morgan fingerprint density at radius 3 is 0.758 bits per heavy atom. The zero-order valence-corrected chi connectivity index (χ0v) is 67.5. The summed E-state index contributed by atoms with van der Waals surface area (Å²) in [6.45, 7) is 0.